The molecule has 17 heavy (non-hydrogen) atoms. The smallest absolute Gasteiger partial charge is 0.226 e. The maximum atomic E-state index is 11.4. The molecular weight excluding hydrogens is 244 g/mol. The minimum atomic E-state index is -0.176. The number of ether oxygens (including phenoxy) is 1. The van der Waals surface area contributed by atoms with E-state index in [1.807, 2.05) is 0 Å². The van der Waals surface area contributed by atoms with Gasteiger partial charge in [0.1, 0.15) is 0 Å². The molecule has 94 valence electrons. The first kappa shape index (κ1) is 13.8. The van der Waals surface area contributed by atoms with E-state index < -0.39 is 0 Å². The number of anilines is 2. The number of hydrogen-bond donors (Lipinski definition) is 3. The Bertz CT molecular complexity index is 385. The summed E-state index contributed by atoms with van der Waals surface area (Å²) in [4.78, 5) is 11.4. The van der Waals surface area contributed by atoms with Crippen molar-refractivity contribution in [3.8, 4) is 0 Å². The van der Waals surface area contributed by atoms with Crippen LogP contribution in [-0.2, 0) is 9.53 Å². The summed E-state index contributed by atoms with van der Waals surface area (Å²) in [6.07, 6.45) is 0.225. The molecule has 6 heteroatoms. The molecule has 0 bridgehead atoms. The lowest BCUT2D eigenvalue weighted by Gasteiger charge is -2.07. The van der Waals surface area contributed by atoms with E-state index in [2.05, 4.69) is 5.32 Å². The van der Waals surface area contributed by atoms with Gasteiger partial charge in [-0.05, 0) is 18.2 Å². The Balaban J connectivity index is 2.37. The van der Waals surface area contributed by atoms with Gasteiger partial charge in [-0.25, -0.2) is 0 Å². The fraction of sp³-hybridized carbons (Fsp3) is 0.364. The molecule has 0 unspecified atom stereocenters. The van der Waals surface area contributed by atoms with Crippen molar-refractivity contribution in [3.05, 3.63) is 23.2 Å². The molecule has 0 fully saturated rings. The first-order valence-corrected chi connectivity index (χ1v) is 5.54. The van der Waals surface area contributed by atoms with E-state index in [0.29, 0.717) is 16.4 Å². The van der Waals surface area contributed by atoms with E-state index in [-0.39, 0.29) is 32.1 Å². The van der Waals surface area contributed by atoms with Gasteiger partial charge in [0, 0.05) is 5.69 Å². The highest BCUT2D eigenvalue weighted by Crippen LogP contribution is 2.22. The van der Waals surface area contributed by atoms with Gasteiger partial charge in [0.15, 0.2) is 0 Å². The predicted molar refractivity (Wildman–Crippen MR) is 67.0 cm³/mol. The molecule has 0 aliphatic rings. The number of carbonyl (C=O) groups is 1. The summed E-state index contributed by atoms with van der Waals surface area (Å²) < 4.78 is 4.98. The zero-order valence-corrected chi connectivity index (χ0v) is 10.0. The topological polar surface area (TPSA) is 84.6 Å². The Morgan fingerprint density at radius 2 is 2.24 bits per heavy atom. The quantitative estimate of drug-likeness (QED) is 0.530. The fourth-order valence-corrected chi connectivity index (χ4v) is 1.29. The number of halogens is 1. The Kier molecular flexibility index (Phi) is 5.76. The number of nitrogens with one attached hydrogen (secondary N) is 1. The van der Waals surface area contributed by atoms with Crippen molar-refractivity contribution in [2.75, 3.05) is 30.9 Å². The Morgan fingerprint density at radius 1 is 1.47 bits per heavy atom. The molecule has 1 aromatic rings. The van der Waals surface area contributed by atoms with Gasteiger partial charge < -0.3 is 20.9 Å². The van der Waals surface area contributed by atoms with E-state index in [1.165, 1.54) is 0 Å². The normalized spacial score (nSPS) is 10.2. The third kappa shape index (κ3) is 5.04. The van der Waals surface area contributed by atoms with Crippen LogP contribution in [-0.4, -0.2) is 30.8 Å². The van der Waals surface area contributed by atoms with Gasteiger partial charge in [-0.2, -0.15) is 0 Å². The first-order valence-electron chi connectivity index (χ1n) is 5.17. The maximum absolute atomic E-state index is 11.4. The second-order valence-corrected chi connectivity index (χ2v) is 3.78. The van der Waals surface area contributed by atoms with Crippen molar-refractivity contribution in [1.82, 2.24) is 0 Å². The first-order chi connectivity index (χ1) is 8.13. The van der Waals surface area contributed by atoms with Gasteiger partial charge in [0.2, 0.25) is 5.91 Å². The molecule has 0 atom stereocenters. The van der Waals surface area contributed by atoms with Gasteiger partial charge in [-0.15, -0.1) is 0 Å². The average Bonchev–Trinajstić information content (AvgIpc) is 2.30. The molecule has 4 N–H and O–H groups in total. The Hall–Kier alpha value is -1.30. The lowest BCUT2D eigenvalue weighted by molar-refractivity contribution is -0.117. The summed E-state index contributed by atoms with van der Waals surface area (Å²) in [5.74, 6) is -0.176. The number of carbonyl (C=O) groups excluding carboxylic acids is 1. The van der Waals surface area contributed by atoms with Crippen molar-refractivity contribution >= 4 is 28.9 Å². The predicted octanol–water partition coefficient (Wildman–Crippen LogP) is 1.26. The van der Waals surface area contributed by atoms with Crippen LogP contribution in [0.1, 0.15) is 6.42 Å². The number of amides is 1. The van der Waals surface area contributed by atoms with Crippen molar-refractivity contribution < 1.29 is 14.6 Å². The van der Waals surface area contributed by atoms with Gasteiger partial charge in [-0.3, -0.25) is 4.79 Å². The zero-order chi connectivity index (χ0) is 12.7. The van der Waals surface area contributed by atoms with E-state index in [1.54, 1.807) is 18.2 Å². The summed E-state index contributed by atoms with van der Waals surface area (Å²) in [6.45, 7) is 0.464. The average molecular weight is 259 g/mol. The van der Waals surface area contributed by atoms with Crippen LogP contribution in [0.2, 0.25) is 5.02 Å². The molecule has 0 aromatic heterocycles. The highest BCUT2D eigenvalue weighted by atomic mass is 35.5. The fourth-order valence-electron chi connectivity index (χ4n) is 1.18. The molecule has 0 spiro atoms. The molecule has 1 amide bonds. The van der Waals surface area contributed by atoms with Crippen LogP contribution >= 0.6 is 11.6 Å². The van der Waals surface area contributed by atoms with Gasteiger partial charge >= 0.3 is 0 Å². The monoisotopic (exact) mass is 258 g/mol. The molecule has 0 saturated heterocycles. The summed E-state index contributed by atoms with van der Waals surface area (Å²) in [7, 11) is 0. The van der Waals surface area contributed by atoms with Crippen LogP contribution in [0, 0.1) is 0 Å². The molecule has 1 rings (SSSR count). The Labute approximate surface area is 105 Å². The van der Waals surface area contributed by atoms with Crippen LogP contribution in [0.3, 0.4) is 0 Å². The van der Waals surface area contributed by atoms with E-state index >= 15 is 0 Å². The van der Waals surface area contributed by atoms with E-state index in [9.17, 15) is 4.79 Å². The zero-order valence-electron chi connectivity index (χ0n) is 9.28. The minimum Gasteiger partial charge on any atom is -0.397 e. The van der Waals surface area contributed by atoms with Crippen molar-refractivity contribution in [3.63, 3.8) is 0 Å². The summed E-state index contributed by atoms with van der Waals surface area (Å²) in [5.41, 5.74) is 6.61. The van der Waals surface area contributed by atoms with Crippen molar-refractivity contribution in [1.29, 1.82) is 0 Å². The third-order valence-corrected chi connectivity index (χ3v) is 2.33. The number of hydrogen-bond acceptors (Lipinski definition) is 4. The number of nitrogen functional groups attached to an aromatic ring is 1. The Morgan fingerprint density at radius 3 is 2.88 bits per heavy atom. The second kappa shape index (κ2) is 7.11. The van der Waals surface area contributed by atoms with Crippen LogP contribution < -0.4 is 11.1 Å². The largest absolute Gasteiger partial charge is 0.397 e. The van der Waals surface area contributed by atoms with E-state index in [4.69, 9.17) is 27.2 Å². The summed E-state index contributed by atoms with van der Waals surface area (Å²) in [6, 6.07) is 4.88. The van der Waals surface area contributed by atoms with Crippen LogP contribution in [0.4, 0.5) is 11.4 Å². The molecule has 0 heterocycles. The number of rotatable bonds is 6. The van der Waals surface area contributed by atoms with Crippen LogP contribution in [0.5, 0.6) is 0 Å². The standard InChI is InChI=1S/C11H15ClN2O3/c12-9-2-1-8(7-10(9)13)14-11(16)3-5-17-6-4-15/h1-2,7,15H,3-6,13H2,(H,14,16). The highest BCUT2D eigenvalue weighted by Gasteiger charge is 2.04. The lowest BCUT2D eigenvalue weighted by atomic mass is 10.2. The number of aliphatic hydroxyl groups is 1. The van der Waals surface area contributed by atoms with Crippen LogP contribution in [0.25, 0.3) is 0 Å². The molecule has 0 radical (unpaired) electrons. The van der Waals surface area contributed by atoms with E-state index in [0.717, 1.165) is 0 Å². The highest BCUT2D eigenvalue weighted by molar-refractivity contribution is 6.33. The van der Waals surface area contributed by atoms with Gasteiger partial charge in [-0.1, -0.05) is 11.6 Å². The summed E-state index contributed by atoms with van der Waals surface area (Å²) in [5, 5.41) is 11.6. The second-order valence-electron chi connectivity index (χ2n) is 3.37. The number of aliphatic hydroxyl groups excluding tert-OH is 1. The van der Waals surface area contributed by atoms with Crippen molar-refractivity contribution in [2.45, 2.75) is 6.42 Å². The third-order valence-electron chi connectivity index (χ3n) is 1.99. The SMILES string of the molecule is Nc1cc(NC(=O)CCOCCO)ccc1Cl. The number of nitrogens with two attached hydrogens (primary N) is 1. The molecule has 0 aliphatic carbocycles. The molecule has 5 nitrogen and oxygen atoms in total. The molecule has 0 aliphatic heterocycles. The van der Waals surface area contributed by atoms with Gasteiger partial charge in [0.05, 0.1) is 37.0 Å². The minimum absolute atomic E-state index is 0.0463. The van der Waals surface area contributed by atoms with Gasteiger partial charge in [0.25, 0.3) is 0 Å². The molecule has 1 aromatic carbocycles. The molecule has 0 saturated carbocycles. The van der Waals surface area contributed by atoms with Crippen LogP contribution in [0.15, 0.2) is 18.2 Å². The molecular formula is C11H15ClN2O3. The summed E-state index contributed by atoms with van der Waals surface area (Å²) >= 11 is 5.75. The van der Waals surface area contributed by atoms with Crippen molar-refractivity contribution in [2.24, 2.45) is 0 Å². The lowest BCUT2D eigenvalue weighted by Crippen LogP contribution is -2.15. The maximum Gasteiger partial charge on any atom is 0.226 e. The number of benzene rings is 1.